The molecule has 7 heteroatoms. The Bertz CT molecular complexity index is 1140. The number of benzene rings is 2. The third kappa shape index (κ3) is 5.48. The Morgan fingerprint density at radius 2 is 1.81 bits per heavy atom. The normalized spacial score (nSPS) is 10.5. The third-order valence-corrected chi connectivity index (χ3v) is 4.63. The maximum absolute atomic E-state index is 12.6. The Morgan fingerprint density at radius 1 is 0.968 bits per heavy atom. The molecule has 0 aliphatic rings. The van der Waals surface area contributed by atoms with Gasteiger partial charge in [0.15, 0.2) is 0 Å². The van der Waals surface area contributed by atoms with Gasteiger partial charge in [-0.1, -0.05) is 12.1 Å². The van der Waals surface area contributed by atoms with Crippen molar-refractivity contribution in [2.24, 2.45) is 7.05 Å². The number of aromatic nitrogens is 3. The van der Waals surface area contributed by atoms with Gasteiger partial charge in [-0.15, -0.1) is 0 Å². The van der Waals surface area contributed by atoms with Gasteiger partial charge < -0.3 is 19.4 Å². The highest BCUT2D eigenvalue weighted by molar-refractivity contribution is 6.04. The van der Waals surface area contributed by atoms with Gasteiger partial charge in [0.2, 0.25) is 0 Å². The molecule has 2 aromatic carbocycles. The quantitative estimate of drug-likeness (QED) is 0.467. The summed E-state index contributed by atoms with van der Waals surface area (Å²) in [6, 6.07) is 18.1. The number of pyridine rings is 1. The number of amides is 1. The number of carbonyl (C=O) groups excluding carboxylic acids is 1. The molecule has 2 aromatic heterocycles. The molecule has 0 spiro atoms. The summed E-state index contributed by atoms with van der Waals surface area (Å²) in [5, 5.41) is 2.89. The van der Waals surface area contributed by atoms with Crippen molar-refractivity contribution in [2.75, 3.05) is 5.32 Å². The molecular formula is C24H22N4O3. The number of carbonyl (C=O) groups is 1. The summed E-state index contributed by atoms with van der Waals surface area (Å²) in [6.07, 6.45) is 7.07. The lowest BCUT2D eigenvalue weighted by atomic mass is 10.2. The number of nitrogens with one attached hydrogen (secondary N) is 1. The molecule has 0 fully saturated rings. The second-order valence-electron chi connectivity index (χ2n) is 6.90. The molecule has 0 bridgehead atoms. The standard InChI is InChI=1S/C24H22N4O3/c1-28-13-12-26-23(28)17-31-21-9-7-19(8-10-21)24(29)27-20-5-2-6-22(14-20)30-16-18-4-3-11-25-15-18/h2-15H,16-17H2,1H3,(H,27,29). The molecular weight excluding hydrogens is 392 g/mol. The zero-order valence-corrected chi connectivity index (χ0v) is 17.1. The summed E-state index contributed by atoms with van der Waals surface area (Å²) in [5.41, 5.74) is 2.16. The van der Waals surface area contributed by atoms with Crippen LogP contribution in [-0.4, -0.2) is 20.4 Å². The predicted octanol–water partition coefficient (Wildman–Crippen LogP) is 4.23. The predicted molar refractivity (Wildman–Crippen MR) is 117 cm³/mol. The van der Waals surface area contributed by atoms with Crippen molar-refractivity contribution < 1.29 is 14.3 Å². The van der Waals surface area contributed by atoms with Gasteiger partial charge >= 0.3 is 0 Å². The number of aryl methyl sites for hydroxylation is 1. The van der Waals surface area contributed by atoms with Crippen molar-refractivity contribution in [2.45, 2.75) is 13.2 Å². The molecule has 0 unspecified atom stereocenters. The van der Waals surface area contributed by atoms with Gasteiger partial charge in [-0.2, -0.15) is 0 Å². The molecule has 4 aromatic rings. The first-order chi connectivity index (χ1) is 15.2. The van der Waals surface area contributed by atoms with Gasteiger partial charge in [0.25, 0.3) is 5.91 Å². The first kappa shape index (κ1) is 20.2. The van der Waals surface area contributed by atoms with E-state index in [1.165, 1.54) is 0 Å². The minimum atomic E-state index is -0.208. The summed E-state index contributed by atoms with van der Waals surface area (Å²) >= 11 is 0. The molecule has 0 atom stereocenters. The van der Waals surface area contributed by atoms with E-state index in [1.54, 1.807) is 48.9 Å². The Balaban J connectivity index is 1.33. The highest BCUT2D eigenvalue weighted by Crippen LogP contribution is 2.20. The van der Waals surface area contributed by atoms with Crippen LogP contribution < -0.4 is 14.8 Å². The molecule has 0 saturated carbocycles. The SMILES string of the molecule is Cn1ccnc1COc1ccc(C(=O)Nc2cccc(OCc3cccnc3)c2)cc1. The van der Waals surface area contributed by atoms with Crippen LogP contribution in [0, 0.1) is 0 Å². The van der Waals surface area contributed by atoms with E-state index in [0.717, 1.165) is 11.4 Å². The number of hydrogen-bond donors (Lipinski definition) is 1. The van der Waals surface area contributed by atoms with Gasteiger partial charge in [0, 0.05) is 54.7 Å². The first-order valence-corrected chi connectivity index (χ1v) is 9.79. The second kappa shape index (κ2) is 9.58. The fourth-order valence-corrected chi connectivity index (χ4v) is 2.90. The fraction of sp³-hybridized carbons (Fsp3) is 0.125. The highest BCUT2D eigenvalue weighted by Gasteiger charge is 2.08. The van der Waals surface area contributed by atoms with Gasteiger partial charge in [-0.25, -0.2) is 4.98 Å². The van der Waals surface area contributed by atoms with Crippen LogP contribution in [0.25, 0.3) is 0 Å². The molecule has 31 heavy (non-hydrogen) atoms. The van der Waals surface area contributed by atoms with Crippen molar-refractivity contribution in [1.82, 2.24) is 14.5 Å². The van der Waals surface area contributed by atoms with Crippen LogP contribution in [0.3, 0.4) is 0 Å². The lowest BCUT2D eigenvalue weighted by molar-refractivity contribution is 0.102. The minimum absolute atomic E-state index is 0.208. The van der Waals surface area contributed by atoms with Crippen LogP contribution in [0.15, 0.2) is 85.5 Å². The molecule has 4 rings (SSSR count). The van der Waals surface area contributed by atoms with Gasteiger partial charge in [-0.05, 0) is 42.5 Å². The van der Waals surface area contributed by atoms with Gasteiger partial charge in [-0.3, -0.25) is 9.78 Å². The average Bonchev–Trinajstić information content (AvgIpc) is 3.22. The molecule has 1 amide bonds. The average molecular weight is 414 g/mol. The van der Waals surface area contributed by atoms with Gasteiger partial charge in [0.1, 0.15) is 30.5 Å². The van der Waals surface area contributed by atoms with Crippen molar-refractivity contribution in [3.63, 3.8) is 0 Å². The van der Waals surface area contributed by atoms with Crippen molar-refractivity contribution in [3.8, 4) is 11.5 Å². The summed E-state index contributed by atoms with van der Waals surface area (Å²) in [5.74, 6) is 1.96. The number of hydrogen-bond acceptors (Lipinski definition) is 5. The van der Waals surface area contributed by atoms with Crippen molar-refractivity contribution in [3.05, 3.63) is 102 Å². The van der Waals surface area contributed by atoms with E-state index in [0.29, 0.717) is 36.0 Å². The van der Waals surface area contributed by atoms with E-state index in [-0.39, 0.29) is 5.91 Å². The van der Waals surface area contributed by atoms with Crippen LogP contribution in [0.5, 0.6) is 11.5 Å². The van der Waals surface area contributed by atoms with Gasteiger partial charge in [0.05, 0.1) is 0 Å². The minimum Gasteiger partial charge on any atom is -0.489 e. The number of imidazole rings is 1. The summed E-state index contributed by atoms with van der Waals surface area (Å²) in [6.45, 7) is 0.770. The smallest absolute Gasteiger partial charge is 0.255 e. The maximum Gasteiger partial charge on any atom is 0.255 e. The summed E-state index contributed by atoms with van der Waals surface area (Å²) in [7, 11) is 1.91. The molecule has 7 nitrogen and oxygen atoms in total. The molecule has 0 aliphatic heterocycles. The topological polar surface area (TPSA) is 78.3 Å². The Labute approximate surface area is 180 Å². The maximum atomic E-state index is 12.6. The molecule has 156 valence electrons. The van der Waals surface area contributed by atoms with E-state index in [4.69, 9.17) is 9.47 Å². The first-order valence-electron chi connectivity index (χ1n) is 9.79. The fourth-order valence-electron chi connectivity index (χ4n) is 2.90. The molecule has 2 heterocycles. The Kier molecular flexibility index (Phi) is 6.23. The van der Waals surface area contributed by atoms with Crippen LogP contribution in [0.1, 0.15) is 21.7 Å². The van der Waals surface area contributed by atoms with Crippen LogP contribution in [0.4, 0.5) is 5.69 Å². The van der Waals surface area contributed by atoms with Crippen molar-refractivity contribution in [1.29, 1.82) is 0 Å². The van der Waals surface area contributed by atoms with E-state index < -0.39 is 0 Å². The molecule has 0 aliphatic carbocycles. The summed E-state index contributed by atoms with van der Waals surface area (Å²) < 4.78 is 13.4. The number of rotatable bonds is 8. The van der Waals surface area contributed by atoms with E-state index in [1.807, 2.05) is 48.1 Å². The lowest BCUT2D eigenvalue weighted by Crippen LogP contribution is -2.12. The van der Waals surface area contributed by atoms with Crippen molar-refractivity contribution >= 4 is 11.6 Å². The highest BCUT2D eigenvalue weighted by atomic mass is 16.5. The van der Waals surface area contributed by atoms with E-state index >= 15 is 0 Å². The molecule has 0 radical (unpaired) electrons. The zero-order valence-electron chi connectivity index (χ0n) is 17.1. The second-order valence-corrected chi connectivity index (χ2v) is 6.90. The monoisotopic (exact) mass is 414 g/mol. The zero-order chi connectivity index (χ0) is 21.5. The Morgan fingerprint density at radius 3 is 2.55 bits per heavy atom. The van der Waals surface area contributed by atoms with E-state index in [9.17, 15) is 4.79 Å². The van der Waals surface area contributed by atoms with Crippen LogP contribution in [-0.2, 0) is 20.3 Å². The lowest BCUT2D eigenvalue weighted by Gasteiger charge is -2.10. The summed E-state index contributed by atoms with van der Waals surface area (Å²) in [4.78, 5) is 20.9. The number of anilines is 1. The number of nitrogens with zero attached hydrogens (tertiary/aromatic N) is 3. The third-order valence-electron chi connectivity index (χ3n) is 4.63. The van der Waals surface area contributed by atoms with Crippen LogP contribution in [0.2, 0.25) is 0 Å². The number of ether oxygens (including phenoxy) is 2. The Hall–Kier alpha value is -4.13. The van der Waals surface area contributed by atoms with Crippen LogP contribution >= 0.6 is 0 Å². The molecule has 1 N–H and O–H groups in total. The van der Waals surface area contributed by atoms with E-state index in [2.05, 4.69) is 15.3 Å². The largest absolute Gasteiger partial charge is 0.489 e. The molecule has 0 saturated heterocycles.